The molecule has 0 radical (unpaired) electrons. The third-order valence-electron chi connectivity index (χ3n) is 2.83. The van der Waals surface area contributed by atoms with Gasteiger partial charge in [-0.25, -0.2) is 8.42 Å². The van der Waals surface area contributed by atoms with E-state index in [1.807, 2.05) is 0 Å². The number of ether oxygens (including phenoxy) is 1. The molecule has 0 aliphatic heterocycles. The second-order valence-corrected chi connectivity index (χ2v) is 7.05. The molecule has 0 aliphatic rings. The van der Waals surface area contributed by atoms with Gasteiger partial charge < -0.3 is 9.84 Å². The number of aliphatic carboxylic acids is 1. The lowest BCUT2D eigenvalue weighted by Crippen LogP contribution is -2.25. The Kier molecular flexibility index (Phi) is 4.57. The second kappa shape index (κ2) is 5.61. The first-order valence-electron chi connectivity index (χ1n) is 5.79. The van der Waals surface area contributed by atoms with Crippen molar-refractivity contribution in [3.63, 3.8) is 0 Å². The summed E-state index contributed by atoms with van der Waals surface area (Å²) in [6.45, 7) is 3.52. The van der Waals surface area contributed by atoms with Gasteiger partial charge in [-0.15, -0.1) is 0 Å². The van der Waals surface area contributed by atoms with E-state index >= 15 is 0 Å². The third-order valence-corrected chi connectivity index (χ3v) is 3.96. The van der Waals surface area contributed by atoms with E-state index in [1.54, 1.807) is 26.0 Å². The van der Waals surface area contributed by atoms with E-state index in [-0.39, 0.29) is 11.5 Å². The highest BCUT2D eigenvalue weighted by Gasteiger charge is 2.26. The van der Waals surface area contributed by atoms with E-state index in [0.29, 0.717) is 12.2 Å². The van der Waals surface area contributed by atoms with Gasteiger partial charge in [-0.2, -0.15) is 0 Å². The average Bonchev–Trinajstić information content (AvgIpc) is 2.28. The fraction of sp³-hybridized carbons (Fsp3) is 0.462. The van der Waals surface area contributed by atoms with Gasteiger partial charge in [-0.3, -0.25) is 4.79 Å². The molecule has 1 aromatic rings. The SMILES string of the molecule is CC(C)(CCOc1ccc(S(C)(=O)=O)cc1)C(=O)O. The van der Waals surface area contributed by atoms with E-state index in [2.05, 4.69) is 0 Å². The highest BCUT2D eigenvalue weighted by Crippen LogP contribution is 2.22. The summed E-state index contributed by atoms with van der Waals surface area (Å²) in [6, 6.07) is 6.05. The van der Waals surface area contributed by atoms with Crippen LogP contribution in [0.3, 0.4) is 0 Å². The summed E-state index contributed by atoms with van der Waals surface area (Å²) in [5.41, 5.74) is -0.841. The number of benzene rings is 1. The Morgan fingerprint density at radius 3 is 2.21 bits per heavy atom. The van der Waals surface area contributed by atoms with Crippen molar-refractivity contribution in [1.29, 1.82) is 0 Å². The van der Waals surface area contributed by atoms with Gasteiger partial charge in [-0.05, 0) is 44.5 Å². The molecule has 0 fully saturated rings. The number of carboxylic acid groups (broad SMARTS) is 1. The molecular formula is C13H18O5S. The zero-order chi connectivity index (χ0) is 14.7. The van der Waals surface area contributed by atoms with Crippen molar-refractivity contribution in [2.24, 2.45) is 5.41 Å². The third kappa shape index (κ3) is 4.55. The quantitative estimate of drug-likeness (QED) is 0.864. The molecule has 1 aromatic carbocycles. The summed E-state index contributed by atoms with van der Waals surface area (Å²) >= 11 is 0. The number of hydrogen-bond acceptors (Lipinski definition) is 4. The van der Waals surface area contributed by atoms with Gasteiger partial charge in [0, 0.05) is 6.26 Å². The van der Waals surface area contributed by atoms with Gasteiger partial charge in [0.1, 0.15) is 5.75 Å². The Labute approximate surface area is 113 Å². The molecule has 0 spiro atoms. The zero-order valence-electron chi connectivity index (χ0n) is 11.2. The van der Waals surface area contributed by atoms with Crippen molar-refractivity contribution in [1.82, 2.24) is 0 Å². The van der Waals surface area contributed by atoms with Crippen LogP contribution >= 0.6 is 0 Å². The van der Waals surface area contributed by atoms with Gasteiger partial charge in [0.15, 0.2) is 9.84 Å². The summed E-state index contributed by atoms with van der Waals surface area (Å²) in [4.78, 5) is 11.1. The predicted molar refractivity (Wildman–Crippen MR) is 71.1 cm³/mol. The van der Waals surface area contributed by atoms with E-state index in [4.69, 9.17) is 9.84 Å². The number of carboxylic acids is 1. The Morgan fingerprint density at radius 1 is 1.26 bits per heavy atom. The van der Waals surface area contributed by atoms with Crippen LogP contribution < -0.4 is 4.74 Å². The molecule has 0 saturated carbocycles. The lowest BCUT2D eigenvalue weighted by atomic mass is 9.90. The number of carbonyl (C=O) groups is 1. The molecule has 5 nitrogen and oxygen atoms in total. The fourth-order valence-electron chi connectivity index (χ4n) is 1.31. The van der Waals surface area contributed by atoms with Crippen LogP contribution in [0, 0.1) is 5.41 Å². The van der Waals surface area contributed by atoms with Crippen LogP contribution in [0.2, 0.25) is 0 Å². The Morgan fingerprint density at radius 2 is 1.79 bits per heavy atom. The van der Waals surface area contributed by atoms with Crippen molar-refractivity contribution in [2.75, 3.05) is 12.9 Å². The topological polar surface area (TPSA) is 80.7 Å². The molecule has 0 amide bonds. The standard InChI is InChI=1S/C13H18O5S/c1-13(2,12(14)15)8-9-18-10-4-6-11(7-5-10)19(3,16)17/h4-7H,8-9H2,1-3H3,(H,14,15). The Hall–Kier alpha value is -1.56. The first-order valence-corrected chi connectivity index (χ1v) is 7.68. The summed E-state index contributed by atoms with van der Waals surface area (Å²) in [6.07, 6.45) is 1.51. The average molecular weight is 286 g/mol. The smallest absolute Gasteiger partial charge is 0.309 e. The summed E-state index contributed by atoms with van der Waals surface area (Å²) in [7, 11) is -3.21. The van der Waals surface area contributed by atoms with Crippen LogP contribution in [-0.2, 0) is 14.6 Å². The monoisotopic (exact) mass is 286 g/mol. The largest absolute Gasteiger partial charge is 0.494 e. The van der Waals surface area contributed by atoms with E-state index < -0.39 is 21.2 Å². The first kappa shape index (κ1) is 15.5. The minimum atomic E-state index is -3.21. The molecule has 0 bridgehead atoms. The summed E-state index contributed by atoms with van der Waals surface area (Å²) in [5, 5.41) is 8.94. The normalized spacial score (nSPS) is 12.2. The van der Waals surface area contributed by atoms with Crippen LogP contribution in [0.15, 0.2) is 29.2 Å². The van der Waals surface area contributed by atoms with Gasteiger partial charge in [0.2, 0.25) is 0 Å². The molecule has 0 aliphatic carbocycles. The molecule has 0 heterocycles. The highest BCUT2D eigenvalue weighted by atomic mass is 32.2. The number of sulfone groups is 1. The molecular weight excluding hydrogens is 268 g/mol. The lowest BCUT2D eigenvalue weighted by molar-refractivity contribution is -0.147. The van der Waals surface area contributed by atoms with Crippen molar-refractivity contribution in [3.8, 4) is 5.75 Å². The molecule has 0 atom stereocenters. The van der Waals surface area contributed by atoms with Gasteiger partial charge in [0.25, 0.3) is 0 Å². The summed E-state index contributed by atoms with van der Waals surface area (Å²) in [5.74, 6) is -0.350. The fourth-order valence-corrected chi connectivity index (χ4v) is 1.94. The molecule has 19 heavy (non-hydrogen) atoms. The highest BCUT2D eigenvalue weighted by molar-refractivity contribution is 7.90. The molecule has 6 heteroatoms. The molecule has 0 aromatic heterocycles. The Balaban J connectivity index is 2.59. The van der Waals surface area contributed by atoms with E-state index in [1.165, 1.54) is 12.1 Å². The van der Waals surface area contributed by atoms with Crippen LogP contribution in [0.4, 0.5) is 0 Å². The lowest BCUT2D eigenvalue weighted by Gasteiger charge is -2.18. The molecule has 106 valence electrons. The van der Waals surface area contributed by atoms with E-state index in [0.717, 1.165) is 6.26 Å². The van der Waals surface area contributed by atoms with Crippen molar-refractivity contribution in [2.45, 2.75) is 25.2 Å². The van der Waals surface area contributed by atoms with Crippen LogP contribution in [0.5, 0.6) is 5.75 Å². The van der Waals surface area contributed by atoms with Crippen LogP contribution in [-0.4, -0.2) is 32.4 Å². The van der Waals surface area contributed by atoms with Crippen molar-refractivity contribution >= 4 is 15.8 Å². The van der Waals surface area contributed by atoms with Crippen LogP contribution in [0.25, 0.3) is 0 Å². The van der Waals surface area contributed by atoms with Crippen LogP contribution in [0.1, 0.15) is 20.3 Å². The van der Waals surface area contributed by atoms with Gasteiger partial charge in [-0.1, -0.05) is 0 Å². The van der Waals surface area contributed by atoms with Gasteiger partial charge in [0.05, 0.1) is 16.9 Å². The minimum Gasteiger partial charge on any atom is -0.494 e. The molecule has 1 N–H and O–H groups in total. The number of hydrogen-bond donors (Lipinski definition) is 1. The maximum absolute atomic E-state index is 11.3. The maximum atomic E-state index is 11.3. The molecule has 1 rings (SSSR count). The van der Waals surface area contributed by atoms with Gasteiger partial charge >= 0.3 is 5.97 Å². The van der Waals surface area contributed by atoms with Crippen molar-refractivity contribution in [3.05, 3.63) is 24.3 Å². The zero-order valence-corrected chi connectivity index (χ0v) is 12.0. The van der Waals surface area contributed by atoms with Crippen molar-refractivity contribution < 1.29 is 23.1 Å². The number of rotatable bonds is 6. The second-order valence-electron chi connectivity index (χ2n) is 5.03. The summed E-state index contributed by atoms with van der Waals surface area (Å²) < 4.78 is 27.9. The molecule has 0 unspecified atom stereocenters. The van der Waals surface area contributed by atoms with E-state index in [9.17, 15) is 13.2 Å². The maximum Gasteiger partial charge on any atom is 0.309 e. The first-order chi connectivity index (χ1) is 8.63. The Bertz CT molecular complexity index is 543. The minimum absolute atomic E-state index is 0.228. The molecule has 0 saturated heterocycles. The predicted octanol–water partition coefficient (Wildman–Crippen LogP) is 1.97.